The number of hydrogen-bond acceptors (Lipinski definition) is 13. The number of aromatic amines is 4. The molecule has 4 aliphatic heterocycles. The van der Waals surface area contributed by atoms with Crippen molar-refractivity contribution >= 4 is 82.3 Å². The van der Waals surface area contributed by atoms with E-state index in [1.54, 1.807) is 49.6 Å². The van der Waals surface area contributed by atoms with Gasteiger partial charge in [-0.3, -0.25) is 37.0 Å². The molecule has 12 rings (SSSR count). The van der Waals surface area contributed by atoms with Crippen LogP contribution in [0.25, 0.3) is 44.1 Å². The van der Waals surface area contributed by atoms with Crippen molar-refractivity contribution in [2.24, 2.45) is 16.0 Å². The zero-order valence-corrected chi connectivity index (χ0v) is 49.8. The Balaban J connectivity index is 0.000000269. The number of nitrogens with zero attached hydrogens (tertiary/aromatic N) is 5. The van der Waals surface area contributed by atoms with Crippen molar-refractivity contribution in [3.8, 4) is 0 Å². The molecule has 8 aromatic rings. The Labute approximate surface area is 494 Å². The fourth-order valence-electron chi connectivity index (χ4n) is 10.3. The third kappa shape index (κ3) is 15.0. The molecule has 0 spiro atoms. The fraction of sp³-hybridized carbons (Fsp3) is 0.446. The maximum absolute atomic E-state index is 12.6. The second-order valence-corrected chi connectivity index (χ2v) is 20.7. The third-order valence-corrected chi connectivity index (χ3v) is 13.5. The molecule has 0 aliphatic carbocycles. The monoisotopic (exact) mass is 1130 g/mol. The number of benzene rings is 4. The van der Waals surface area contributed by atoms with E-state index in [4.69, 9.17) is 7.10 Å². The number of H-pyrrole nitrogens is 4. The van der Waals surface area contributed by atoms with E-state index >= 15 is 0 Å². The largest absolute Gasteiger partial charge is 1.00 e. The number of Topliss-reactive ketones (excluding diaryl/α,β-unsaturated/α-hetero) is 3. The van der Waals surface area contributed by atoms with Crippen LogP contribution in [0.1, 0.15) is 126 Å². The second kappa shape index (κ2) is 30.0. The molecule has 4 aromatic heterocycles. The van der Waals surface area contributed by atoms with Crippen molar-refractivity contribution in [2.75, 3.05) is 14.2 Å². The molecule has 4 atom stereocenters. The van der Waals surface area contributed by atoms with Gasteiger partial charge in [-0.2, -0.15) is 0 Å². The number of aryl methyl sites for hydroxylation is 4. The number of aromatic nitrogens is 8. The van der Waals surface area contributed by atoms with Gasteiger partial charge >= 0.3 is 52.3 Å². The number of aliphatic hydroxyl groups is 1. The van der Waals surface area contributed by atoms with E-state index in [2.05, 4.69) is 61.2 Å². The van der Waals surface area contributed by atoms with Crippen LogP contribution in [-0.2, 0) is 38.6 Å². The van der Waals surface area contributed by atoms with E-state index in [1.165, 1.54) is 0 Å². The molecule has 0 saturated carbocycles. The standard InChI is InChI=1S/C14H19N3O2.C14H17N3O2.C12H12N2O2.C11H10N2O2.C3H9N.CH3F.CH3NS.B.Na.H/c2*1-8(2)15-11-6-7-17-12-9(13(11)18)4-3-5-10(12)16-14(17)19;1-7-5-6-14-10-8(11(7)15)3-2-4-9(10)13-12(14)16;14-9-5-2-6-13-10-7(9)3-1-4-8(10)12-11(13)15;1-3(2)4;1-2;1-2-3;;;/h3-5,8,11,13,15,18H,6-7H2,1-2H3,(H,16,19);3-5,8,11,15H,6-7H2,1-2H3,(H,16,19);2-4,7H,5-6H2,1H3,(H,13,16);1,3-4H,2,5-6H2,(H,12,15);3H,4H2,1-2H3;1H3;1H3;;;/q;;;;;;;;+1;-1/i;;;;;1D;;;;. The summed E-state index contributed by atoms with van der Waals surface area (Å²) in [5.41, 5.74) is 13.6. The van der Waals surface area contributed by atoms with E-state index in [1.807, 2.05) is 83.1 Å². The van der Waals surface area contributed by atoms with Crippen LogP contribution < -0.4 is 68.7 Å². The number of nitrogens with two attached hydrogens (primary N) is 1. The summed E-state index contributed by atoms with van der Waals surface area (Å²) in [6.07, 6.45) is 2.77. The number of halogens is 1. The van der Waals surface area contributed by atoms with Crippen LogP contribution in [0.15, 0.2) is 96.3 Å². The number of nitrogens with one attached hydrogen (secondary N) is 6. The summed E-state index contributed by atoms with van der Waals surface area (Å²) < 4.78 is 25.3. The average Bonchev–Trinajstić information content (AvgIpc) is 4.12. The minimum absolute atomic E-state index is 0. The molecular weight excluding hydrogens is 1050 g/mol. The number of aliphatic hydroxyl groups excluding tert-OH is 1. The summed E-state index contributed by atoms with van der Waals surface area (Å²) >= 11 is 4.02. The first-order valence-electron chi connectivity index (χ1n) is 26.9. The Kier molecular flexibility index (Phi) is 24.3. The molecule has 20 nitrogen and oxygen atoms in total. The molecule has 0 amide bonds. The zero-order valence-electron chi connectivity index (χ0n) is 49.0. The van der Waals surface area contributed by atoms with Crippen molar-refractivity contribution in [3.05, 3.63) is 137 Å². The molecular formula is C56H74BFN12NaO8S. The van der Waals surface area contributed by atoms with Gasteiger partial charge in [-0.25, -0.2) is 23.5 Å². The molecule has 4 aromatic carbocycles. The Bertz CT molecular complexity index is 3690. The molecule has 0 saturated heterocycles. The minimum Gasteiger partial charge on any atom is -1.00 e. The first kappa shape index (κ1) is 64.6. The van der Waals surface area contributed by atoms with Gasteiger partial charge in [0.2, 0.25) is 0 Å². The first-order valence-corrected chi connectivity index (χ1v) is 26.5. The molecule has 0 bridgehead atoms. The van der Waals surface area contributed by atoms with Crippen LogP contribution in [-0.4, -0.2) is 113 Å². The van der Waals surface area contributed by atoms with E-state index in [9.17, 15) is 43.1 Å². The van der Waals surface area contributed by atoms with Gasteiger partial charge in [0.1, 0.15) is 0 Å². The van der Waals surface area contributed by atoms with Crippen molar-refractivity contribution in [2.45, 2.75) is 143 Å². The van der Waals surface area contributed by atoms with Gasteiger partial charge in [0, 0.05) is 107 Å². The normalized spacial score (nSPS) is 17.8. The summed E-state index contributed by atoms with van der Waals surface area (Å²) in [4.78, 5) is 94.8. The summed E-state index contributed by atoms with van der Waals surface area (Å²) in [7, 11) is 0.565. The van der Waals surface area contributed by atoms with Crippen LogP contribution in [0, 0.1) is 5.92 Å². The smallest absolute Gasteiger partial charge is 1.00 e. The maximum atomic E-state index is 12.6. The molecule has 423 valence electrons. The summed E-state index contributed by atoms with van der Waals surface area (Å²) in [5, 5.41) is 17.2. The van der Waals surface area contributed by atoms with Crippen LogP contribution in [0.3, 0.4) is 0 Å². The van der Waals surface area contributed by atoms with Crippen molar-refractivity contribution in [3.63, 3.8) is 0 Å². The van der Waals surface area contributed by atoms with Gasteiger partial charge in [0.15, 0.2) is 17.3 Å². The number of para-hydroxylation sites is 4. The number of hydrogen-bond donors (Lipinski definition) is 8. The summed E-state index contributed by atoms with van der Waals surface area (Å²) in [6.45, 7) is 16.4. The molecule has 80 heavy (non-hydrogen) atoms. The number of imidazole rings is 4. The first-order chi connectivity index (χ1) is 37.7. The molecule has 3 radical (unpaired) electrons. The zero-order chi connectivity index (χ0) is 57.8. The van der Waals surface area contributed by atoms with Crippen molar-refractivity contribution in [1.29, 1.82) is 0 Å². The van der Waals surface area contributed by atoms with Crippen LogP contribution >= 0.6 is 0 Å². The van der Waals surface area contributed by atoms with Crippen molar-refractivity contribution in [1.82, 2.24) is 48.8 Å². The molecule has 24 heteroatoms. The van der Waals surface area contributed by atoms with Gasteiger partial charge in [0.05, 0.1) is 64.8 Å². The number of carbonyl (C=O) groups is 3. The molecule has 4 unspecified atom stereocenters. The Morgan fingerprint density at radius 1 is 0.650 bits per heavy atom. The van der Waals surface area contributed by atoms with Crippen LogP contribution in [0.4, 0.5) is 4.39 Å². The third-order valence-electron chi connectivity index (χ3n) is 13.5. The summed E-state index contributed by atoms with van der Waals surface area (Å²) in [6, 6.07) is 22.6. The van der Waals surface area contributed by atoms with Gasteiger partial charge in [0.25, 0.3) is 0 Å². The van der Waals surface area contributed by atoms with Crippen LogP contribution in [0.5, 0.6) is 0 Å². The van der Waals surface area contributed by atoms with Gasteiger partial charge in [-0.15, -0.1) is 0 Å². The van der Waals surface area contributed by atoms with Crippen molar-refractivity contribution < 1.29 is 56.2 Å². The number of ketones is 3. The molecule has 9 N–H and O–H groups in total. The number of alkyl halides is 1. The SMILES string of the molecule is CC(C)N.CC(C)NC1CCn2c(=O)[nH]c3cccc(c32)C1=O.CC(C)NC1CCn2c(=O)[nH]c3cccc(c32)C1O.CC1CCn2c(=O)[nH]c3cccc(c32)C1=O.CN=S.O=C1CCCn2c(=O)[nH]c3cccc1c32.[2H]CF.[B].[H-].[Na+]. The van der Waals surface area contributed by atoms with Gasteiger partial charge < -0.3 is 42.8 Å². The van der Waals surface area contributed by atoms with E-state index in [0.29, 0.717) is 67.8 Å². The average molecular weight is 1130 g/mol. The Hall–Kier alpha value is -6.18. The number of carbonyl (C=O) groups excluding carboxylic acids is 3. The maximum Gasteiger partial charge on any atom is 1.00 e. The van der Waals surface area contributed by atoms with Gasteiger partial charge in [-0.05, 0) is 74.2 Å². The van der Waals surface area contributed by atoms with Gasteiger partial charge in [-0.1, -0.05) is 78.8 Å². The summed E-state index contributed by atoms with van der Waals surface area (Å²) in [5.74, 6) is 0.330. The van der Waals surface area contributed by atoms with E-state index < -0.39 is 13.3 Å². The number of rotatable bonds is 4. The predicted molar refractivity (Wildman–Crippen MR) is 313 cm³/mol. The van der Waals surface area contributed by atoms with Crippen LogP contribution in [0.2, 0.25) is 0 Å². The molecule has 4 aliphatic rings. The fourth-order valence-corrected chi connectivity index (χ4v) is 10.3. The minimum atomic E-state index is -1.00. The topological polar surface area (TPSA) is 285 Å². The second-order valence-electron chi connectivity index (χ2n) is 20.4. The Morgan fingerprint density at radius 3 is 1.50 bits per heavy atom. The van der Waals surface area contributed by atoms with E-state index in [-0.39, 0.29) is 104 Å². The Morgan fingerprint density at radius 2 is 1.02 bits per heavy atom. The molecule has 0 fully saturated rings. The predicted octanol–water partition coefficient (Wildman–Crippen LogP) is 3.30. The quantitative estimate of drug-likeness (QED) is 0.118. The molecule has 8 heterocycles. The van der Waals surface area contributed by atoms with E-state index in [0.717, 1.165) is 69.0 Å².